The van der Waals surface area contributed by atoms with E-state index < -0.39 is 0 Å². The Morgan fingerprint density at radius 1 is 0.926 bits per heavy atom. The van der Waals surface area contributed by atoms with Crippen molar-refractivity contribution >= 4 is 11.8 Å². The van der Waals surface area contributed by atoms with Gasteiger partial charge in [0, 0.05) is 32.2 Å². The summed E-state index contributed by atoms with van der Waals surface area (Å²) in [6.07, 6.45) is 2.38. The van der Waals surface area contributed by atoms with E-state index in [1.807, 2.05) is 32.0 Å². The van der Waals surface area contributed by atoms with E-state index in [1.165, 1.54) is 18.4 Å². The van der Waals surface area contributed by atoms with Gasteiger partial charge in [-0.1, -0.05) is 30.3 Å². The zero-order valence-corrected chi connectivity index (χ0v) is 16.5. The maximum absolute atomic E-state index is 12.6. The Bertz CT molecular complexity index is 622. The van der Waals surface area contributed by atoms with Crippen molar-refractivity contribution in [3.63, 3.8) is 0 Å². The number of nitrogens with zero attached hydrogens (tertiary/aromatic N) is 2. The summed E-state index contributed by atoms with van der Waals surface area (Å²) >= 11 is 0. The van der Waals surface area contributed by atoms with Gasteiger partial charge < -0.3 is 10.6 Å². The lowest BCUT2D eigenvalue weighted by Gasteiger charge is -2.34. The van der Waals surface area contributed by atoms with Crippen molar-refractivity contribution in [3.05, 3.63) is 35.9 Å². The van der Waals surface area contributed by atoms with Crippen molar-refractivity contribution in [2.75, 3.05) is 39.3 Å². The molecule has 148 valence electrons. The van der Waals surface area contributed by atoms with Crippen LogP contribution in [0.25, 0.3) is 0 Å². The first-order valence-electron chi connectivity index (χ1n) is 10.1. The van der Waals surface area contributed by atoms with E-state index in [-0.39, 0.29) is 23.9 Å². The fraction of sp³-hybridized carbons (Fsp3) is 0.619. The molecule has 1 unspecified atom stereocenters. The zero-order chi connectivity index (χ0) is 19.2. The summed E-state index contributed by atoms with van der Waals surface area (Å²) in [7, 11) is 0. The highest BCUT2D eigenvalue weighted by atomic mass is 16.2. The van der Waals surface area contributed by atoms with Gasteiger partial charge in [-0.05, 0) is 38.2 Å². The van der Waals surface area contributed by atoms with Crippen LogP contribution in [0.15, 0.2) is 30.3 Å². The molecule has 1 saturated heterocycles. The molecule has 1 aliphatic carbocycles. The number of carbonyl (C=O) groups excluding carboxylic acids is 2. The lowest BCUT2D eigenvalue weighted by molar-refractivity contribution is -0.125. The highest BCUT2D eigenvalue weighted by Gasteiger charge is 2.33. The number of amides is 2. The third kappa shape index (κ3) is 6.33. The SMILES string of the molecule is CC(C)NC(=O)CN1CCN(CC(=O)NC(c2ccccc2)C2CC2)CC1. The molecule has 0 aromatic heterocycles. The Kier molecular flexibility index (Phi) is 6.85. The van der Waals surface area contributed by atoms with Crippen molar-refractivity contribution in [1.82, 2.24) is 20.4 Å². The van der Waals surface area contributed by atoms with Gasteiger partial charge in [-0.3, -0.25) is 19.4 Å². The normalized spacial score (nSPS) is 19.7. The van der Waals surface area contributed by atoms with E-state index in [0.29, 0.717) is 19.0 Å². The predicted molar refractivity (Wildman–Crippen MR) is 106 cm³/mol. The van der Waals surface area contributed by atoms with E-state index in [9.17, 15) is 9.59 Å². The molecule has 1 aromatic rings. The van der Waals surface area contributed by atoms with Crippen molar-refractivity contribution < 1.29 is 9.59 Å². The molecule has 1 atom stereocenters. The second kappa shape index (κ2) is 9.33. The van der Waals surface area contributed by atoms with Crippen LogP contribution in [0.3, 0.4) is 0 Å². The maximum Gasteiger partial charge on any atom is 0.234 e. The van der Waals surface area contributed by atoms with E-state index >= 15 is 0 Å². The van der Waals surface area contributed by atoms with Crippen LogP contribution in [-0.4, -0.2) is 66.9 Å². The molecule has 27 heavy (non-hydrogen) atoms. The van der Waals surface area contributed by atoms with Crippen LogP contribution in [0.5, 0.6) is 0 Å². The molecule has 2 fully saturated rings. The van der Waals surface area contributed by atoms with E-state index in [4.69, 9.17) is 0 Å². The summed E-state index contributed by atoms with van der Waals surface area (Å²) < 4.78 is 0. The van der Waals surface area contributed by atoms with Crippen LogP contribution in [0, 0.1) is 5.92 Å². The molecule has 1 aromatic carbocycles. The minimum absolute atomic E-state index is 0.0753. The minimum Gasteiger partial charge on any atom is -0.353 e. The first-order valence-corrected chi connectivity index (χ1v) is 10.1. The minimum atomic E-state index is 0.0753. The van der Waals surface area contributed by atoms with Gasteiger partial charge in [0.1, 0.15) is 0 Å². The number of hydrogen-bond acceptors (Lipinski definition) is 4. The van der Waals surface area contributed by atoms with Crippen LogP contribution < -0.4 is 10.6 Å². The van der Waals surface area contributed by atoms with Gasteiger partial charge in [-0.15, -0.1) is 0 Å². The molecule has 0 radical (unpaired) electrons. The van der Waals surface area contributed by atoms with Gasteiger partial charge in [0.2, 0.25) is 11.8 Å². The summed E-state index contributed by atoms with van der Waals surface area (Å²) in [4.78, 5) is 28.8. The lowest BCUT2D eigenvalue weighted by Crippen LogP contribution is -2.52. The topological polar surface area (TPSA) is 64.7 Å². The fourth-order valence-corrected chi connectivity index (χ4v) is 3.66. The number of benzene rings is 1. The largest absolute Gasteiger partial charge is 0.353 e. The molecule has 6 heteroatoms. The average Bonchev–Trinajstić information content (AvgIpc) is 3.46. The molecular formula is C21H32N4O2. The highest BCUT2D eigenvalue weighted by molar-refractivity contribution is 5.79. The number of carbonyl (C=O) groups is 2. The first kappa shape index (κ1) is 19.8. The number of hydrogen-bond donors (Lipinski definition) is 2. The van der Waals surface area contributed by atoms with Gasteiger partial charge in [0.15, 0.2) is 0 Å². The molecule has 2 N–H and O–H groups in total. The van der Waals surface area contributed by atoms with Crippen molar-refractivity contribution in [3.8, 4) is 0 Å². The van der Waals surface area contributed by atoms with Crippen LogP contribution in [0.4, 0.5) is 0 Å². The number of rotatable bonds is 8. The Morgan fingerprint density at radius 3 is 1.93 bits per heavy atom. The Balaban J connectivity index is 1.42. The second-order valence-electron chi connectivity index (χ2n) is 8.07. The molecule has 1 saturated carbocycles. The standard InChI is InChI=1S/C21H32N4O2/c1-16(2)22-19(26)14-24-10-12-25(13-11-24)15-20(27)23-21(18-8-9-18)17-6-4-3-5-7-17/h3-7,16,18,21H,8-15H2,1-2H3,(H,22,26)(H,23,27). The lowest BCUT2D eigenvalue weighted by atomic mass is 10.0. The second-order valence-corrected chi connectivity index (χ2v) is 8.07. The van der Waals surface area contributed by atoms with E-state index in [1.54, 1.807) is 0 Å². The van der Waals surface area contributed by atoms with E-state index in [2.05, 4.69) is 32.6 Å². The van der Waals surface area contributed by atoms with Crippen LogP contribution in [0.1, 0.15) is 38.3 Å². The molecular weight excluding hydrogens is 340 g/mol. The van der Waals surface area contributed by atoms with Gasteiger partial charge in [0.05, 0.1) is 19.1 Å². The molecule has 2 amide bonds. The molecule has 0 spiro atoms. The molecule has 3 rings (SSSR count). The zero-order valence-electron chi connectivity index (χ0n) is 16.5. The van der Waals surface area contributed by atoms with Crippen LogP contribution in [0.2, 0.25) is 0 Å². The Morgan fingerprint density at radius 2 is 1.44 bits per heavy atom. The third-order valence-electron chi connectivity index (χ3n) is 5.22. The molecule has 2 aliphatic rings. The average molecular weight is 373 g/mol. The molecule has 1 aliphatic heterocycles. The van der Waals surface area contributed by atoms with Gasteiger partial charge >= 0.3 is 0 Å². The van der Waals surface area contributed by atoms with Crippen LogP contribution >= 0.6 is 0 Å². The van der Waals surface area contributed by atoms with Gasteiger partial charge in [0.25, 0.3) is 0 Å². The smallest absolute Gasteiger partial charge is 0.234 e. The van der Waals surface area contributed by atoms with Gasteiger partial charge in [-0.25, -0.2) is 0 Å². The Hall–Kier alpha value is -1.92. The van der Waals surface area contributed by atoms with Crippen molar-refractivity contribution in [2.24, 2.45) is 5.92 Å². The molecule has 6 nitrogen and oxygen atoms in total. The van der Waals surface area contributed by atoms with E-state index in [0.717, 1.165) is 26.2 Å². The number of nitrogens with one attached hydrogen (secondary N) is 2. The summed E-state index contributed by atoms with van der Waals surface area (Å²) in [6.45, 7) is 8.10. The van der Waals surface area contributed by atoms with Crippen molar-refractivity contribution in [1.29, 1.82) is 0 Å². The molecule has 0 bridgehead atoms. The van der Waals surface area contributed by atoms with Crippen molar-refractivity contribution in [2.45, 2.75) is 38.8 Å². The maximum atomic E-state index is 12.6. The summed E-state index contributed by atoms with van der Waals surface area (Å²) in [6, 6.07) is 10.6. The first-order chi connectivity index (χ1) is 13.0. The predicted octanol–water partition coefficient (Wildman–Crippen LogP) is 1.40. The van der Waals surface area contributed by atoms with Gasteiger partial charge in [-0.2, -0.15) is 0 Å². The quantitative estimate of drug-likeness (QED) is 0.724. The summed E-state index contributed by atoms with van der Waals surface area (Å²) in [5, 5.41) is 6.18. The monoisotopic (exact) mass is 372 g/mol. The number of piperazine rings is 1. The Labute approximate surface area is 162 Å². The third-order valence-corrected chi connectivity index (χ3v) is 5.22. The molecule has 1 heterocycles. The highest BCUT2D eigenvalue weighted by Crippen LogP contribution is 2.40. The van der Waals surface area contributed by atoms with Crippen LogP contribution in [-0.2, 0) is 9.59 Å². The fourth-order valence-electron chi connectivity index (χ4n) is 3.66. The summed E-state index contributed by atoms with van der Waals surface area (Å²) in [5.41, 5.74) is 1.20. The summed E-state index contributed by atoms with van der Waals surface area (Å²) in [5.74, 6) is 0.751.